The van der Waals surface area contributed by atoms with Gasteiger partial charge in [0.1, 0.15) is 13.7 Å². The van der Waals surface area contributed by atoms with Crippen molar-refractivity contribution in [3.8, 4) is 0 Å². The van der Waals surface area contributed by atoms with Crippen LogP contribution in [0.3, 0.4) is 0 Å². The molecular formula is C13H20BFN2O2. The third-order valence-corrected chi connectivity index (χ3v) is 2.65. The predicted molar refractivity (Wildman–Crippen MR) is 76.4 cm³/mol. The zero-order chi connectivity index (χ0) is 14.3. The maximum absolute atomic E-state index is 13.3. The Morgan fingerprint density at radius 2 is 2.26 bits per heavy atom. The number of aliphatic hydroxyl groups excluding tert-OH is 1. The summed E-state index contributed by atoms with van der Waals surface area (Å²) in [5.74, 6) is -0.537. The van der Waals surface area contributed by atoms with Crippen molar-refractivity contribution in [3.63, 3.8) is 0 Å². The molecule has 6 heteroatoms. The Bertz CT molecular complexity index is 404. The van der Waals surface area contributed by atoms with Crippen LogP contribution in [0.4, 0.5) is 15.8 Å². The largest absolute Gasteiger partial charge is 0.396 e. The van der Waals surface area contributed by atoms with E-state index in [9.17, 15) is 9.50 Å². The Morgan fingerprint density at radius 1 is 1.53 bits per heavy atom. The molecule has 1 atom stereocenters. The maximum Gasteiger partial charge on any atom is 0.148 e. The minimum absolute atomic E-state index is 0.00602. The number of nitrogens with two attached hydrogens (primary N) is 1. The molecule has 1 unspecified atom stereocenters. The Hall–Kier alpha value is -1.27. The Balaban J connectivity index is 2.37. The lowest BCUT2D eigenvalue weighted by atomic mass is 9.93. The molecular weight excluding hydrogens is 246 g/mol. The van der Waals surface area contributed by atoms with Crippen LogP contribution < -0.4 is 16.5 Å². The van der Waals surface area contributed by atoms with Gasteiger partial charge in [0.2, 0.25) is 0 Å². The second-order valence-corrected chi connectivity index (χ2v) is 4.42. The summed E-state index contributed by atoms with van der Waals surface area (Å²) in [6.07, 6.45) is 1.35. The van der Waals surface area contributed by atoms with Gasteiger partial charge in [-0.2, -0.15) is 0 Å². The van der Waals surface area contributed by atoms with E-state index in [1.807, 2.05) is 0 Å². The molecule has 0 fully saturated rings. The van der Waals surface area contributed by atoms with E-state index in [0.717, 1.165) is 12.8 Å². The number of aliphatic hydroxyl groups is 1. The van der Waals surface area contributed by atoms with Crippen LogP contribution in [0.25, 0.3) is 0 Å². The molecule has 1 rings (SSSR count). The first-order chi connectivity index (χ1) is 9.04. The molecule has 0 saturated carbocycles. The molecule has 0 bridgehead atoms. The molecule has 19 heavy (non-hydrogen) atoms. The maximum atomic E-state index is 13.3. The van der Waals surface area contributed by atoms with Gasteiger partial charge in [-0.3, -0.25) is 0 Å². The molecule has 4 N–H and O–H groups in total. The molecule has 1 aromatic rings. The molecule has 0 saturated heterocycles. The van der Waals surface area contributed by atoms with Crippen molar-refractivity contribution in [2.75, 3.05) is 30.8 Å². The van der Waals surface area contributed by atoms with Crippen LogP contribution in [0.2, 0.25) is 0 Å². The van der Waals surface area contributed by atoms with Crippen LogP contribution in [0.5, 0.6) is 0 Å². The topological polar surface area (TPSA) is 67.5 Å². The number of halogens is 1. The highest BCUT2D eigenvalue weighted by molar-refractivity contribution is 6.36. The number of anilines is 2. The van der Waals surface area contributed by atoms with Crippen LogP contribution in [0.15, 0.2) is 12.1 Å². The van der Waals surface area contributed by atoms with E-state index < -0.39 is 11.9 Å². The van der Waals surface area contributed by atoms with Crippen molar-refractivity contribution >= 4 is 24.7 Å². The van der Waals surface area contributed by atoms with Crippen LogP contribution in [-0.2, 0) is 4.74 Å². The summed E-state index contributed by atoms with van der Waals surface area (Å²) in [7, 11) is 5.69. The summed E-state index contributed by atoms with van der Waals surface area (Å²) in [6, 6.07) is 2.57. The summed E-state index contributed by atoms with van der Waals surface area (Å²) in [5.41, 5.74) is 6.15. The molecule has 0 spiro atoms. The molecule has 4 nitrogen and oxygen atoms in total. The third kappa shape index (κ3) is 5.49. The molecule has 0 aliphatic heterocycles. The summed E-state index contributed by atoms with van der Waals surface area (Å²) >= 11 is 0. The first kappa shape index (κ1) is 15.8. The fourth-order valence-corrected chi connectivity index (χ4v) is 1.51. The predicted octanol–water partition coefficient (Wildman–Crippen LogP) is 0.791. The van der Waals surface area contributed by atoms with Gasteiger partial charge < -0.3 is 20.9 Å². The SMILES string of the molecule is [B]c1cc(N)c(F)cc1NCC(O)COCCCC. The number of nitrogens with one attached hydrogen (secondary N) is 1. The number of nitrogen functional groups attached to an aromatic ring is 1. The number of ether oxygens (including phenoxy) is 1. The highest BCUT2D eigenvalue weighted by atomic mass is 19.1. The van der Waals surface area contributed by atoms with Crippen LogP contribution in [-0.4, -0.2) is 38.8 Å². The highest BCUT2D eigenvalue weighted by Crippen LogP contribution is 2.13. The van der Waals surface area contributed by atoms with Crippen molar-refractivity contribution < 1.29 is 14.2 Å². The van der Waals surface area contributed by atoms with E-state index in [4.69, 9.17) is 18.3 Å². The van der Waals surface area contributed by atoms with E-state index in [2.05, 4.69) is 12.2 Å². The normalized spacial score (nSPS) is 12.4. The van der Waals surface area contributed by atoms with Crippen molar-refractivity contribution in [1.29, 1.82) is 0 Å². The number of unbranched alkanes of at least 4 members (excludes halogenated alkanes) is 1. The second kappa shape index (κ2) is 8.02. The van der Waals surface area contributed by atoms with Crippen molar-refractivity contribution in [2.45, 2.75) is 25.9 Å². The van der Waals surface area contributed by atoms with Gasteiger partial charge in [0.05, 0.1) is 18.4 Å². The molecule has 0 amide bonds. The molecule has 0 aromatic heterocycles. The Labute approximate surface area is 114 Å². The lowest BCUT2D eigenvalue weighted by molar-refractivity contribution is 0.0422. The summed E-state index contributed by atoms with van der Waals surface area (Å²) in [6.45, 7) is 3.18. The van der Waals surface area contributed by atoms with E-state index in [1.54, 1.807) is 0 Å². The van der Waals surface area contributed by atoms with Gasteiger partial charge in [-0.25, -0.2) is 4.39 Å². The zero-order valence-electron chi connectivity index (χ0n) is 11.2. The first-order valence-corrected chi connectivity index (χ1v) is 6.38. The average Bonchev–Trinajstić information content (AvgIpc) is 2.37. The van der Waals surface area contributed by atoms with Gasteiger partial charge in [0.15, 0.2) is 0 Å². The minimum atomic E-state index is -0.670. The summed E-state index contributed by atoms with van der Waals surface area (Å²) in [4.78, 5) is 0. The molecule has 0 heterocycles. The lowest BCUT2D eigenvalue weighted by Gasteiger charge is -2.15. The molecule has 1 aromatic carbocycles. The van der Waals surface area contributed by atoms with Gasteiger partial charge in [0.25, 0.3) is 0 Å². The lowest BCUT2D eigenvalue weighted by Crippen LogP contribution is -2.27. The van der Waals surface area contributed by atoms with Crippen LogP contribution in [0.1, 0.15) is 19.8 Å². The standard InChI is InChI=1S/C13H20BFN2O2/c1-2-3-4-19-8-9(18)7-17-13-6-11(15)12(16)5-10(13)14/h5-6,9,17-18H,2-4,7-8,16H2,1H3. The average molecular weight is 266 g/mol. The van der Waals surface area contributed by atoms with Gasteiger partial charge in [0, 0.05) is 18.8 Å². The second-order valence-electron chi connectivity index (χ2n) is 4.42. The minimum Gasteiger partial charge on any atom is -0.396 e. The fraction of sp³-hybridized carbons (Fsp3) is 0.538. The van der Waals surface area contributed by atoms with Crippen LogP contribution >= 0.6 is 0 Å². The van der Waals surface area contributed by atoms with Crippen molar-refractivity contribution in [3.05, 3.63) is 17.9 Å². The van der Waals surface area contributed by atoms with Crippen LogP contribution in [0, 0.1) is 5.82 Å². The number of hydrogen-bond acceptors (Lipinski definition) is 4. The fourth-order valence-electron chi connectivity index (χ4n) is 1.51. The number of rotatable bonds is 8. The van der Waals surface area contributed by atoms with E-state index in [-0.39, 0.29) is 18.8 Å². The Kier molecular flexibility index (Phi) is 6.66. The van der Waals surface area contributed by atoms with Gasteiger partial charge in [-0.15, -0.1) is 0 Å². The van der Waals surface area contributed by atoms with Gasteiger partial charge >= 0.3 is 0 Å². The number of benzene rings is 1. The summed E-state index contributed by atoms with van der Waals surface area (Å²) < 4.78 is 18.5. The monoisotopic (exact) mass is 266 g/mol. The molecule has 2 radical (unpaired) electrons. The smallest absolute Gasteiger partial charge is 0.148 e. The number of hydrogen-bond donors (Lipinski definition) is 3. The van der Waals surface area contributed by atoms with E-state index in [0.29, 0.717) is 17.8 Å². The third-order valence-electron chi connectivity index (χ3n) is 2.65. The quantitative estimate of drug-likeness (QED) is 0.370. The van der Waals surface area contributed by atoms with Gasteiger partial charge in [-0.05, 0) is 18.6 Å². The highest BCUT2D eigenvalue weighted by Gasteiger charge is 2.07. The van der Waals surface area contributed by atoms with Gasteiger partial charge in [-0.1, -0.05) is 18.8 Å². The van der Waals surface area contributed by atoms with E-state index >= 15 is 0 Å². The van der Waals surface area contributed by atoms with Crippen molar-refractivity contribution in [2.24, 2.45) is 0 Å². The van der Waals surface area contributed by atoms with E-state index in [1.165, 1.54) is 12.1 Å². The molecule has 0 aliphatic rings. The first-order valence-electron chi connectivity index (χ1n) is 6.38. The Morgan fingerprint density at radius 3 is 2.95 bits per heavy atom. The summed E-state index contributed by atoms with van der Waals surface area (Å²) in [5, 5.41) is 12.5. The molecule has 0 aliphatic carbocycles. The van der Waals surface area contributed by atoms with Crippen molar-refractivity contribution in [1.82, 2.24) is 0 Å². The molecule has 104 valence electrons. The zero-order valence-corrected chi connectivity index (χ0v) is 11.2.